The lowest BCUT2D eigenvalue weighted by atomic mass is 10.5. The van der Waals surface area contributed by atoms with E-state index in [0.29, 0.717) is 12.8 Å². The summed E-state index contributed by atoms with van der Waals surface area (Å²) in [7, 11) is 0. The minimum atomic E-state index is -0.796. The van der Waals surface area contributed by atoms with E-state index < -0.39 is 6.10 Å². The van der Waals surface area contributed by atoms with Crippen LogP contribution in [0.2, 0.25) is 0 Å². The van der Waals surface area contributed by atoms with Crippen molar-refractivity contribution in [3.05, 3.63) is 0 Å². The van der Waals surface area contributed by atoms with Crippen LogP contribution in [0.3, 0.4) is 0 Å². The quantitative estimate of drug-likeness (QED) is 0.366. The van der Waals surface area contributed by atoms with Crippen LogP contribution in [0.25, 0.3) is 0 Å². The van der Waals surface area contributed by atoms with Gasteiger partial charge in [0.1, 0.15) is 12.4 Å². The second-order valence-electron chi connectivity index (χ2n) is 1.39. The van der Waals surface area contributed by atoms with E-state index in [-0.39, 0.29) is 0 Å². The van der Waals surface area contributed by atoms with Crippen LogP contribution in [0.15, 0.2) is 0 Å². The van der Waals surface area contributed by atoms with Crippen LogP contribution in [-0.2, 0) is 4.79 Å². The first-order valence-electron chi connectivity index (χ1n) is 2.63. The Balaban J connectivity index is 0. The summed E-state index contributed by atoms with van der Waals surface area (Å²) in [6.07, 6.45) is -0.324. The number of hydrogen-bond acceptors (Lipinski definition) is 4. The fourth-order valence-electron chi connectivity index (χ4n) is 0. The van der Waals surface area contributed by atoms with Gasteiger partial charge < -0.3 is 15.6 Å². The van der Waals surface area contributed by atoms with Gasteiger partial charge in [-0.2, -0.15) is 12.6 Å². The van der Waals surface area contributed by atoms with E-state index in [1.807, 2.05) is 0 Å². The normalized spacial score (nSPS) is 11.1. The Kier molecular flexibility index (Phi) is 14.1. The Labute approximate surface area is 60.7 Å². The number of carbonyl (C=O) groups excluding carboxylic acids is 1. The molecular formula is C5H13NO2S. The van der Waals surface area contributed by atoms with Crippen LogP contribution in [0.5, 0.6) is 0 Å². The summed E-state index contributed by atoms with van der Waals surface area (Å²) in [4.78, 5) is 9.25. The lowest BCUT2D eigenvalue weighted by Gasteiger charge is -1.79. The van der Waals surface area contributed by atoms with Gasteiger partial charge in [0.15, 0.2) is 0 Å². The molecule has 3 N–H and O–H groups in total. The summed E-state index contributed by atoms with van der Waals surface area (Å²) in [5.74, 6) is 0.792. The molecule has 4 heteroatoms. The zero-order valence-corrected chi connectivity index (χ0v) is 6.34. The number of carbonyl (C=O) groups is 1. The van der Waals surface area contributed by atoms with Crippen LogP contribution in [-0.4, -0.2) is 29.8 Å². The first-order chi connectivity index (χ1) is 4.18. The third kappa shape index (κ3) is 32.4. The minimum Gasteiger partial charge on any atom is -0.386 e. The third-order valence-electron chi connectivity index (χ3n) is 0.326. The summed E-state index contributed by atoms with van der Waals surface area (Å²) < 4.78 is 0. The van der Waals surface area contributed by atoms with Crippen molar-refractivity contribution < 1.29 is 9.90 Å². The van der Waals surface area contributed by atoms with E-state index in [1.165, 1.54) is 6.92 Å². The van der Waals surface area contributed by atoms with Gasteiger partial charge in [0.25, 0.3) is 0 Å². The summed E-state index contributed by atoms with van der Waals surface area (Å²) in [6, 6.07) is 0. The van der Waals surface area contributed by atoms with E-state index in [0.717, 1.165) is 5.75 Å². The SMILES string of the molecule is CC(O)C=O.NCCS. The molecule has 0 spiro atoms. The molecule has 0 amide bonds. The van der Waals surface area contributed by atoms with Crippen molar-refractivity contribution in [3.8, 4) is 0 Å². The maximum absolute atomic E-state index is 9.25. The molecule has 0 aliphatic rings. The van der Waals surface area contributed by atoms with E-state index in [1.54, 1.807) is 0 Å². The molecule has 0 aliphatic carbocycles. The molecule has 0 fully saturated rings. The third-order valence-corrected chi connectivity index (χ3v) is 0.584. The zero-order valence-electron chi connectivity index (χ0n) is 5.45. The summed E-state index contributed by atoms with van der Waals surface area (Å²) in [5.41, 5.74) is 4.95. The summed E-state index contributed by atoms with van der Waals surface area (Å²) in [6.45, 7) is 2.09. The van der Waals surface area contributed by atoms with Crippen molar-refractivity contribution in [2.45, 2.75) is 13.0 Å². The molecule has 9 heavy (non-hydrogen) atoms. The molecule has 0 aliphatic heterocycles. The fourth-order valence-corrected chi connectivity index (χ4v) is 0. The van der Waals surface area contributed by atoms with Crippen LogP contribution >= 0.6 is 12.6 Å². The zero-order chi connectivity index (χ0) is 7.70. The average molecular weight is 151 g/mol. The Morgan fingerprint density at radius 2 is 2.11 bits per heavy atom. The molecule has 0 aromatic rings. The van der Waals surface area contributed by atoms with Gasteiger partial charge in [-0.3, -0.25) is 0 Å². The Hall–Kier alpha value is -0.0600. The first-order valence-corrected chi connectivity index (χ1v) is 3.26. The average Bonchev–Trinajstić information content (AvgIpc) is 1.89. The molecule has 0 rings (SSSR count). The Morgan fingerprint density at radius 3 is 2.11 bits per heavy atom. The van der Waals surface area contributed by atoms with Crippen molar-refractivity contribution in [1.29, 1.82) is 0 Å². The first kappa shape index (κ1) is 11.7. The highest BCUT2D eigenvalue weighted by Gasteiger charge is 1.81. The minimum absolute atomic E-state index is 0.472. The Morgan fingerprint density at radius 1 is 1.89 bits per heavy atom. The number of aldehydes is 1. The number of hydrogen-bond donors (Lipinski definition) is 3. The lowest BCUT2D eigenvalue weighted by molar-refractivity contribution is -0.114. The van der Waals surface area contributed by atoms with Crippen LogP contribution in [0.1, 0.15) is 6.92 Å². The van der Waals surface area contributed by atoms with Crippen LogP contribution in [0.4, 0.5) is 0 Å². The van der Waals surface area contributed by atoms with Gasteiger partial charge in [0.2, 0.25) is 0 Å². The fraction of sp³-hybridized carbons (Fsp3) is 0.800. The van der Waals surface area contributed by atoms with E-state index >= 15 is 0 Å². The number of nitrogens with two attached hydrogens (primary N) is 1. The molecule has 56 valence electrons. The molecular weight excluding hydrogens is 138 g/mol. The molecule has 0 radical (unpaired) electrons. The predicted molar refractivity (Wildman–Crippen MR) is 40.7 cm³/mol. The van der Waals surface area contributed by atoms with Gasteiger partial charge in [-0.15, -0.1) is 0 Å². The lowest BCUT2D eigenvalue weighted by Crippen LogP contribution is -1.97. The summed E-state index contributed by atoms with van der Waals surface area (Å²) >= 11 is 3.80. The number of rotatable bonds is 2. The van der Waals surface area contributed by atoms with Crippen molar-refractivity contribution in [1.82, 2.24) is 0 Å². The smallest absolute Gasteiger partial charge is 0.148 e. The second kappa shape index (κ2) is 10.8. The monoisotopic (exact) mass is 151 g/mol. The Bertz CT molecular complexity index is 56.9. The number of aliphatic hydroxyl groups excluding tert-OH is 1. The molecule has 0 heterocycles. The molecule has 0 aromatic heterocycles. The molecule has 1 atom stereocenters. The highest BCUT2D eigenvalue weighted by atomic mass is 32.1. The van der Waals surface area contributed by atoms with Gasteiger partial charge in [0.05, 0.1) is 0 Å². The maximum atomic E-state index is 9.25. The van der Waals surface area contributed by atoms with E-state index in [9.17, 15) is 4.79 Å². The van der Waals surface area contributed by atoms with Gasteiger partial charge in [-0.05, 0) is 6.92 Å². The molecule has 0 bridgehead atoms. The van der Waals surface area contributed by atoms with Gasteiger partial charge >= 0.3 is 0 Å². The number of aliphatic hydroxyl groups is 1. The highest BCUT2D eigenvalue weighted by Crippen LogP contribution is 1.62. The summed E-state index contributed by atoms with van der Waals surface area (Å²) in [5, 5.41) is 7.99. The van der Waals surface area contributed by atoms with Crippen molar-refractivity contribution >= 4 is 18.9 Å². The van der Waals surface area contributed by atoms with E-state index in [4.69, 9.17) is 10.8 Å². The maximum Gasteiger partial charge on any atom is 0.148 e. The van der Waals surface area contributed by atoms with Gasteiger partial charge in [-0.1, -0.05) is 0 Å². The van der Waals surface area contributed by atoms with Crippen molar-refractivity contribution in [2.75, 3.05) is 12.3 Å². The van der Waals surface area contributed by atoms with Crippen molar-refractivity contribution in [3.63, 3.8) is 0 Å². The standard InChI is InChI=1S/C3H6O2.C2H7NS/c1-3(5)2-4;3-1-2-4/h2-3,5H,1H3;4H,1-3H2. The molecule has 0 saturated heterocycles. The largest absolute Gasteiger partial charge is 0.386 e. The van der Waals surface area contributed by atoms with Gasteiger partial charge in [-0.25, -0.2) is 0 Å². The molecule has 0 aromatic carbocycles. The van der Waals surface area contributed by atoms with E-state index in [2.05, 4.69) is 12.6 Å². The molecule has 1 unspecified atom stereocenters. The number of thiol groups is 1. The van der Waals surface area contributed by atoms with Crippen molar-refractivity contribution in [2.24, 2.45) is 5.73 Å². The molecule has 3 nitrogen and oxygen atoms in total. The van der Waals surface area contributed by atoms with Crippen LogP contribution < -0.4 is 5.73 Å². The van der Waals surface area contributed by atoms with Gasteiger partial charge in [0, 0.05) is 12.3 Å². The van der Waals surface area contributed by atoms with Crippen LogP contribution in [0, 0.1) is 0 Å². The molecule has 0 saturated carbocycles. The topological polar surface area (TPSA) is 63.3 Å². The predicted octanol–water partition coefficient (Wildman–Crippen LogP) is -0.559. The second-order valence-corrected chi connectivity index (χ2v) is 1.84. The highest BCUT2D eigenvalue weighted by molar-refractivity contribution is 7.80.